The first-order chi connectivity index (χ1) is 6.20. The smallest absolute Gasteiger partial charge is 0.137 e. The lowest BCUT2D eigenvalue weighted by Gasteiger charge is -2.04. The number of aliphatic hydroxyl groups is 1. The number of hydrogen-bond donors (Lipinski definition) is 1. The lowest BCUT2D eigenvalue weighted by Crippen LogP contribution is -2.11. The van der Waals surface area contributed by atoms with E-state index in [9.17, 15) is 5.11 Å². The van der Waals surface area contributed by atoms with Gasteiger partial charge in [0, 0.05) is 0 Å². The molecular formula is C10H10Cl2O. The molecule has 0 saturated heterocycles. The van der Waals surface area contributed by atoms with Gasteiger partial charge in [0.15, 0.2) is 0 Å². The average molecular weight is 217 g/mol. The summed E-state index contributed by atoms with van der Waals surface area (Å²) < 4.78 is 0. The van der Waals surface area contributed by atoms with E-state index >= 15 is 0 Å². The quantitative estimate of drug-likeness (QED) is 0.771. The zero-order valence-corrected chi connectivity index (χ0v) is 8.41. The highest BCUT2D eigenvalue weighted by Crippen LogP contribution is 2.10. The molecule has 0 heterocycles. The molecule has 0 amide bonds. The molecular weight excluding hydrogens is 207 g/mol. The summed E-state index contributed by atoms with van der Waals surface area (Å²) in [6.45, 7) is 0. The lowest BCUT2D eigenvalue weighted by molar-refractivity contribution is 0.238. The first-order valence-corrected chi connectivity index (χ1v) is 4.77. The van der Waals surface area contributed by atoms with E-state index in [2.05, 4.69) is 0 Å². The van der Waals surface area contributed by atoms with Crippen molar-refractivity contribution >= 4 is 29.3 Å². The van der Waals surface area contributed by atoms with Crippen LogP contribution in [0.15, 0.2) is 36.4 Å². The summed E-state index contributed by atoms with van der Waals surface area (Å²) in [4.78, 5) is -0.778. The molecule has 1 aromatic carbocycles. The molecule has 1 aromatic rings. The molecule has 0 fully saturated rings. The molecule has 13 heavy (non-hydrogen) atoms. The van der Waals surface area contributed by atoms with Crippen LogP contribution in [-0.4, -0.2) is 16.0 Å². The van der Waals surface area contributed by atoms with Gasteiger partial charge >= 0.3 is 0 Å². The number of halogens is 2. The number of aliphatic hydroxyl groups excluding tert-OH is 1. The molecule has 3 heteroatoms. The molecule has 0 unspecified atom stereocenters. The second-order valence-electron chi connectivity index (χ2n) is 2.59. The zero-order valence-electron chi connectivity index (χ0n) is 6.90. The maximum Gasteiger partial charge on any atom is 0.137 e. The van der Waals surface area contributed by atoms with Crippen LogP contribution in [0.2, 0.25) is 0 Å². The first-order valence-electron chi connectivity index (χ1n) is 3.89. The van der Waals surface area contributed by atoms with E-state index in [1.54, 1.807) is 12.2 Å². The molecule has 0 saturated carbocycles. The Kier molecular flexibility index (Phi) is 4.29. The minimum atomic E-state index is -0.816. The Bertz CT molecular complexity index is 270. The van der Waals surface area contributed by atoms with Crippen LogP contribution in [0.3, 0.4) is 0 Å². The van der Waals surface area contributed by atoms with Crippen molar-refractivity contribution in [3.63, 3.8) is 0 Å². The summed E-state index contributed by atoms with van der Waals surface area (Å²) in [5, 5.41) is 9.24. The molecule has 70 valence electrons. The van der Waals surface area contributed by atoms with Crippen LogP contribution in [0, 0.1) is 0 Å². The Morgan fingerprint density at radius 2 is 1.77 bits per heavy atom. The second kappa shape index (κ2) is 5.28. The van der Waals surface area contributed by atoms with Crippen LogP contribution in [0.1, 0.15) is 5.56 Å². The van der Waals surface area contributed by atoms with E-state index in [1.807, 2.05) is 30.3 Å². The second-order valence-corrected chi connectivity index (χ2v) is 3.76. The number of benzene rings is 1. The highest BCUT2D eigenvalue weighted by atomic mass is 35.5. The van der Waals surface area contributed by atoms with Crippen molar-refractivity contribution in [2.45, 2.75) is 10.9 Å². The summed E-state index contributed by atoms with van der Waals surface area (Å²) in [6, 6.07) is 9.64. The van der Waals surface area contributed by atoms with E-state index in [-0.39, 0.29) is 0 Å². The molecule has 0 radical (unpaired) electrons. The Labute approximate surface area is 87.6 Å². The SMILES string of the molecule is O[C@H](/C=C/c1ccccc1)C(Cl)Cl. The Balaban J connectivity index is 2.59. The Morgan fingerprint density at radius 3 is 2.31 bits per heavy atom. The van der Waals surface area contributed by atoms with Crippen molar-refractivity contribution in [3.8, 4) is 0 Å². The molecule has 0 spiro atoms. The van der Waals surface area contributed by atoms with Crippen molar-refractivity contribution in [3.05, 3.63) is 42.0 Å². The number of hydrogen-bond acceptors (Lipinski definition) is 1. The highest BCUT2D eigenvalue weighted by molar-refractivity contribution is 6.44. The first kappa shape index (κ1) is 10.6. The van der Waals surface area contributed by atoms with Crippen molar-refractivity contribution in [2.75, 3.05) is 0 Å². The molecule has 1 N–H and O–H groups in total. The van der Waals surface area contributed by atoms with Gasteiger partial charge in [-0.2, -0.15) is 0 Å². The molecule has 1 nitrogen and oxygen atoms in total. The van der Waals surface area contributed by atoms with Crippen molar-refractivity contribution in [1.29, 1.82) is 0 Å². The molecule has 0 aromatic heterocycles. The van der Waals surface area contributed by atoms with Gasteiger partial charge in [-0.3, -0.25) is 0 Å². The maximum absolute atomic E-state index is 9.24. The third-order valence-electron chi connectivity index (χ3n) is 1.54. The average Bonchev–Trinajstić information content (AvgIpc) is 2.15. The molecule has 0 aliphatic carbocycles. The Morgan fingerprint density at radius 1 is 1.15 bits per heavy atom. The maximum atomic E-state index is 9.24. The van der Waals surface area contributed by atoms with Crippen LogP contribution in [-0.2, 0) is 0 Å². The standard InChI is InChI=1S/C10H10Cl2O/c11-10(12)9(13)7-6-8-4-2-1-3-5-8/h1-7,9-10,13H/b7-6+/t9-/m1/s1. The minimum absolute atomic E-state index is 0.778. The van der Waals surface area contributed by atoms with E-state index in [4.69, 9.17) is 23.2 Å². The summed E-state index contributed by atoms with van der Waals surface area (Å²) in [5.74, 6) is 0. The fraction of sp³-hybridized carbons (Fsp3) is 0.200. The highest BCUT2D eigenvalue weighted by Gasteiger charge is 2.07. The van der Waals surface area contributed by atoms with Crippen LogP contribution in [0.5, 0.6) is 0 Å². The fourth-order valence-electron chi connectivity index (χ4n) is 0.858. The number of rotatable bonds is 3. The van der Waals surface area contributed by atoms with Crippen molar-refractivity contribution in [1.82, 2.24) is 0 Å². The van der Waals surface area contributed by atoms with Gasteiger partial charge in [0.2, 0.25) is 0 Å². The minimum Gasteiger partial charge on any atom is -0.386 e. The Hall–Kier alpha value is -0.500. The third-order valence-corrected chi connectivity index (χ3v) is 2.06. The van der Waals surface area contributed by atoms with Gasteiger partial charge in [-0.05, 0) is 5.56 Å². The predicted molar refractivity (Wildman–Crippen MR) is 57.0 cm³/mol. The van der Waals surface area contributed by atoms with Gasteiger partial charge in [-0.15, -0.1) is 23.2 Å². The summed E-state index contributed by atoms with van der Waals surface area (Å²) in [6.07, 6.45) is 2.53. The van der Waals surface area contributed by atoms with Gasteiger partial charge in [0.05, 0.1) is 0 Å². The van der Waals surface area contributed by atoms with Gasteiger partial charge in [0.25, 0.3) is 0 Å². The summed E-state index contributed by atoms with van der Waals surface area (Å²) >= 11 is 10.9. The third kappa shape index (κ3) is 3.81. The van der Waals surface area contributed by atoms with Crippen LogP contribution >= 0.6 is 23.2 Å². The predicted octanol–water partition coefficient (Wildman–Crippen LogP) is 2.86. The lowest BCUT2D eigenvalue weighted by atomic mass is 10.2. The largest absolute Gasteiger partial charge is 0.386 e. The molecule has 0 aliphatic rings. The topological polar surface area (TPSA) is 20.2 Å². The van der Waals surface area contributed by atoms with Crippen molar-refractivity contribution < 1.29 is 5.11 Å². The van der Waals surface area contributed by atoms with Crippen LogP contribution in [0.4, 0.5) is 0 Å². The van der Waals surface area contributed by atoms with E-state index < -0.39 is 10.9 Å². The number of alkyl halides is 2. The van der Waals surface area contributed by atoms with E-state index in [0.29, 0.717) is 0 Å². The van der Waals surface area contributed by atoms with Crippen LogP contribution in [0.25, 0.3) is 6.08 Å². The van der Waals surface area contributed by atoms with E-state index in [0.717, 1.165) is 5.56 Å². The fourth-order valence-corrected chi connectivity index (χ4v) is 1.03. The summed E-state index contributed by atoms with van der Waals surface area (Å²) in [7, 11) is 0. The normalized spacial score (nSPS) is 13.8. The molecule has 1 rings (SSSR count). The van der Waals surface area contributed by atoms with Gasteiger partial charge < -0.3 is 5.11 Å². The monoisotopic (exact) mass is 216 g/mol. The molecule has 0 aliphatic heterocycles. The van der Waals surface area contributed by atoms with Crippen LogP contribution < -0.4 is 0 Å². The van der Waals surface area contributed by atoms with Gasteiger partial charge in [0.1, 0.15) is 10.9 Å². The van der Waals surface area contributed by atoms with Crippen molar-refractivity contribution in [2.24, 2.45) is 0 Å². The summed E-state index contributed by atoms with van der Waals surface area (Å²) in [5.41, 5.74) is 1.01. The molecule has 1 atom stereocenters. The van der Waals surface area contributed by atoms with E-state index in [1.165, 1.54) is 0 Å². The van der Waals surface area contributed by atoms with Gasteiger partial charge in [-0.1, -0.05) is 42.5 Å². The molecule has 0 bridgehead atoms. The van der Waals surface area contributed by atoms with Gasteiger partial charge in [-0.25, -0.2) is 0 Å². The zero-order chi connectivity index (χ0) is 9.68.